The third kappa shape index (κ3) is 6.03. The fraction of sp³-hybridized carbons (Fsp3) is 0.405. The fourth-order valence-electron chi connectivity index (χ4n) is 8.92. The number of carbonyl (C=O) groups is 4. The van der Waals surface area contributed by atoms with E-state index in [2.05, 4.69) is 5.32 Å². The molecule has 1 saturated heterocycles. The number of halogens is 1. The van der Waals surface area contributed by atoms with Crippen LogP contribution in [0.2, 0.25) is 5.02 Å². The lowest BCUT2D eigenvalue weighted by atomic mass is 9.70. The summed E-state index contributed by atoms with van der Waals surface area (Å²) < 4.78 is 30.8. The lowest BCUT2D eigenvalue weighted by Crippen LogP contribution is -2.56. The van der Waals surface area contributed by atoms with Gasteiger partial charge in [0, 0.05) is 79.8 Å². The normalized spacial score (nSPS) is 21.9. The highest BCUT2D eigenvalue weighted by atomic mass is 35.5. The number of methoxy groups -OCH3 is 3. The maximum atomic E-state index is 14.9. The molecule has 56 heavy (non-hydrogen) atoms. The summed E-state index contributed by atoms with van der Waals surface area (Å²) in [7, 11) is 4.37. The molecule has 1 N–H and O–H groups in total. The van der Waals surface area contributed by atoms with Gasteiger partial charge < -0.3 is 38.1 Å². The summed E-state index contributed by atoms with van der Waals surface area (Å²) in [5.41, 5.74) is 0.0666. The average Bonchev–Trinajstić information content (AvgIpc) is 3.71. The topological polar surface area (TPSA) is 156 Å². The molecule has 292 valence electrons. The summed E-state index contributed by atoms with van der Waals surface area (Å²) in [5.74, 6) is -0.316. The van der Waals surface area contributed by atoms with Crippen LogP contribution in [-0.2, 0) is 29.0 Å². The Kier molecular flexibility index (Phi) is 9.68. The average molecular weight is 784 g/mol. The van der Waals surface area contributed by atoms with Crippen LogP contribution in [0.5, 0.6) is 23.0 Å². The van der Waals surface area contributed by atoms with E-state index < -0.39 is 23.1 Å². The van der Waals surface area contributed by atoms with Gasteiger partial charge in [-0.3, -0.25) is 24.0 Å². The Morgan fingerprint density at radius 3 is 2.43 bits per heavy atom. The molecule has 1 aliphatic carbocycles. The zero-order valence-corrected chi connectivity index (χ0v) is 32.3. The zero-order valence-electron chi connectivity index (χ0n) is 31.6. The number of rotatable bonds is 10. The molecule has 3 aliphatic heterocycles. The number of nitrogens with one attached hydrogen (secondary N) is 1. The first-order valence-corrected chi connectivity index (χ1v) is 19.1. The first-order chi connectivity index (χ1) is 27.0. The van der Waals surface area contributed by atoms with Gasteiger partial charge in [0.2, 0.25) is 29.0 Å². The van der Waals surface area contributed by atoms with E-state index in [0.29, 0.717) is 54.5 Å². The summed E-state index contributed by atoms with van der Waals surface area (Å²) >= 11 is 6.64. The van der Waals surface area contributed by atoms with Crippen LogP contribution in [0, 0.1) is 11.8 Å². The van der Waals surface area contributed by atoms with Crippen molar-refractivity contribution in [2.75, 3.05) is 41.0 Å². The van der Waals surface area contributed by atoms with Gasteiger partial charge in [0.15, 0.2) is 5.75 Å². The lowest BCUT2D eigenvalue weighted by Gasteiger charge is -2.42. The molecule has 2 unspecified atom stereocenters. The summed E-state index contributed by atoms with van der Waals surface area (Å²) in [5, 5.41) is 2.95. The molecular weight excluding hydrogens is 742 g/mol. The molecule has 2 bridgehead atoms. The van der Waals surface area contributed by atoms with Crippen molar-refractivity contribution in [1.29, 1.82) is 0 Å². The standard InChI is InChI=1S/C42H42ClN3O10/c1-22-15-30-35(40(50)42(22)41(51)36-29(53-3)18-31(54-4)37(43)39(36)56-42)27(38(55-30)24-10-12-26(52-2)13-11-24)17-32(47)44-14-6-9-33(48)45-19-23-16-25(21-45)28-7-5-8-34(49)46(28)20-23/h5,7-8,10-13,18,22-23,25H,6,9,14-17,19-21H2,1-4H3,(H,44,47)/t22-,23?,25?,42+/m1/s1. The van der Waals surface area contributed by atoms with Crippen LogP contribution in [0.15, 0.2) is 57.7 Å². The van der Waals surface area contributed by atoms with E-state index in [1.165, 1.54) is 20.3 Å². The number of hydrogen-bond donors (Lipinski definition) is 1. The number of ketones is 2. The van der Waals surface area contributed by atoms with E-state index in [1.807, 2.05) is 15.5 Å². The van der Waals surface area contributed by atoms with Gasteiger partial charge in [-0.25, -0.2) is 0 Å². The van der Waals surface area contributed by atoms with Crippen molar-refractivity contribution in [3.05, 3.63) is 92.1 Å². The molecule has 1 fully saturated rings. The number of carbonyl (C=O) groups excluding carboxylic acids is 4. The Morgan fingerprint density at radius 1 is 0.946 bits per heavy atom. The molecule has 2 aromatic heterocycles. The smallest absolute Gasteiger partial charge is 0.250 e. The van der Waals surface area contributed by atoms with Gasteiger partial charge in [-0.15, -0.1) is 0 Å². The molecule has 14 heteroatoms. The van der Waals surface area contributed by atoms with Crippen LogP contribution >= 0.6 is 11.6 Å². The minimum Gasteiger partial charge on any atom is -0.497 e. The van der Waals surface area contributed by atoms with Gasteiger partial charge in [0.25, 0.3) is 5.56 Å². The SMILES string of the molecule is COc1ccc(-c2oc3c(c2CC(=O)NCCCC(=O)N2CC4CC(C2)c2cccc(=O)n2C4)C(=O)[C@@]2(Oc4c(Cl)c(OC)cc(OC)c4C2=O)[C@H](C)C3)cc1. The number of fused-ring (bicyclic) bond motifs is 6. The van der Waals surface area contributed by atoms with Crippen molar-refractivity contribution >= 4 is 35.0 Å². The predicted molar refractivity (Wildman–Crippen MR) is 204 cm³/mol. The maximum absolute atomic E-state index is 14.9. The van der Waals surface area contributed by atoms with Gasteiger partial charge in [0.05, 0.1) is 33.3 Å². The van der Waals surface area contributed by atoms with Crippen LogP contribution in [0.3, 0.4) is 0 Å². The van der Waals surface area contributed by atoms with E-state index in [-0.39, 0.29) is 88.4 Å². The number of Topliss-reactive ketones (excluding diaryl/α,β-unsaturated/α-hetero) is 2. The molecule has 4 aromatic rings. The van der Waals surface area contributed by atoms with Gasteiger partial charge >= 0.3 is 0 Å². The molecule has 2 aromatic carbocycles. The molecule has 0 saturated carbocycles. The number of hydrogen-bond acceptors (Lipinski definition) is 10. The van der Waals surface area contributed by atoms with Gasteiger partial charge in [-0.2, -0.15) is 0 Å². The molecule has 2 amide bonds. The third-order valence-electron chi connectivity index (χ3n) is 11.7. The number of ether oxygens (including phenoxy) is 4. The molecule has 5 heterocycles. The van der Waals surface area contributed by atoms with Crippen molar-refractivity contribution in [1.82, 2.24) is 14.8 Å². The second-order valence-corrected chi connectivity index (χ2v) is 15.3. The highest BCUT2D eigenvalue weighted by molar-refractivity contribution is 6.36. The molecule has 0 radical (unpaired) electrons. The van der Waals surface area contributed by atoms with Crippen molar-refractivity contribution < 1.29 is 42.5 Å². The van der Waals surface area contributed by atoms with E-state index in [0.717, 1.165) is 12.1 Å². The van der Waals surface area contributed by atoms with Crippen molar-refractivity contribution in [2.45, 2.75) is 57.1 Å². The summed E-state index contributed by atoms with van der Waals surface area (Å²) in [6, 6.07) is 13.8. The second kappa shape index (κ2) is 14.5. The van der Waals surface area contributed by atoms with E-state index in [9.17, 15) is 24.0 Å². The molecule has 1 spiro atoms. The number of nitrogens with zero attached hydrogens (tertiary/aromatic N) is 2. The summed E-state index contributed by atoms with van der Waals surface area (Å²) in [6.07, 6.45) is 1.53. The first kappa shape index (κ1) is 37.4. The monoisotopic (exact) mass is 783 g/mol. The Morgan fingerprint density at radius 2 is 1.70 bits per heavy atom. The van der Waals surface area contributed by atoms with Crippen LogP contribution in [0.25, 0.3) is 11.3 Å². The number of likely N-dealkylation sites (tertiary alicyclic amines) is 1. The zero-order chi connectivity index (χ0) is 39.5. The van der Waals surface area contributed by atoms with Crippen molar-refractivity contribution in [3.63, 3.8) is 0 Å². The Labute approximate surface area is 327 Å². The first-order valence-electron chi connectivity index (χ1n) is 18.7. The van der Waals surface area contributed by atoms with E-state index in [1.54, 1.807) is 50.4 Å². The molecule has 8 rings (SSSR count). The van der Waals surface area contributed by atoms with Crippen molar-refractivity contribution in [3.8, 4) is 34.3 Å². The third-order valence-corrected chi connectivity index (χ3v) is 12.0. The summed E-state index contributed by atoms with van der Waals surface area (Å²) in [6.45, 7) is 3.73. The van der Waals surface area contributed by atoms with E-state index in [4.69, 9.17) is 35.0 Å². The second-order valence-electron chi connectivity index (χ2n) is 15.0. The Bertz CT molecular complexity index is 2330. The Hall–Kier alpha value is -5.56. The molecule has 13 nitrogen and oxygen atoms in total. The number of aromatic nitrogens is 1. The minimum atomic E-state index is -1.99. The highest BCUT2D eigenvalue weighted by Gasteiger charge is 2.63. The number of furan rings is 1. The van der Waals surface area contributed by atoms with E-state index >= 15 is 0 Å². The summed E-state index contributed by atoms with van der Waals surface area (Å²) in [4.78, 5) is 70.5. The highest BCUT2D eigenvalue weighted by Crippen LogP contribution is 2.54. The van der Waals surface area contributed by atoms with Crippen LogP contribution in [0.4, 0.5) is 0 Å². The fourth-order valence-corrected chi connectivity index (χ4v) is 9.19. The van der Waals surface area contributed by atoms with Gasteiger partial charge in [-0.1, -0.05) is 24.6 Å². The number of piperidine rings is 1. The number of pyridine rings is 1. The van der Waals surface area contributed by atoms with Crippen molar-refractivity contribution in [2.24, 2.45) is 11.8 Å². The molecule has 4 atom stereocenters. The lowest BCUT2D eigenvalue weighted by molar-refractivity contribution is -0.134. The minimum absolute atomic E-state index is 0.00251. The van der Waals surface area contributed by atoms with Crippen LogP contribution in [0.1, 0.15) is 69.8 Å². The molecular formula is C42H42ClN3O10. The molecule has 4 aliphatic rings. The van der Waals surface area contributed by atoms with Crippen LogP contribution < -0.4 is 29.8 Å². The Balaban J connectivity index is 1.01. The van der Waals surface area contributed by atoms with Gasteiger partial charge in [-0.05, 0) is 49.1 Å². The quantitative estimate of drug-likeness (QED) is 0.166. The maximum Gasteiger partial charge on any atom is 0.250 e. The van der Waals surface area contributed by atoms with Gasteiger partial charge in [0.1, 0.15) is 39.4 Å². The number of amides is 2. The largest absolute Gasteiger partial charge is 0.497 e. The predicted octanol–water partition coefficient (Wildman–Crippen LogP) is 5.26. The van der Waals surface area contributed by atoms with Crippen LogP contribution in [-0.4, -0.2) is 79.4 Å². The number of benzene rings is 2.